The second kappa shape index (κ2) is 8.76. The molecule has 0 aliphatic rings. The summed E-state index contributed by atoms with van der Waals surface area (Å²) in [6.45, 7) is 12.2. The van der Waals surface area contributed by atoms with Gasteiger partial charge in [-0.25, -0.2) is 0 Å². The minimum absolute atomic E-state index is 0.0186. The van der Waals surface area contributed by atoms with Crippen LogP contribution in [0.5, 0.6) is 0 Å². The molecule has 1 aromatic heterocycles. The summed E-state index contributed by atoms with van der Waals surface area (Å²) >= 11 is 1.54. The molecule has 0 spiro atoms. The molecular formula is C14H21NOS. The summed E-state index contributed by atoms with van der Waals surface area (Å²) in [5, 5.41) is 4.67. The van der Waals surface area contributed by atoms with Gasteiger partial charge in [0.05, 0.1) is 5.56 Å². The minimum Gasteiger partial charge on any atom is -0.352 e. The standard InChI is InChI=1S/C12H15NOS.C2H6/c1-4-7-9-10(12(14)13-6-3)8-15-11(9)5-2;1-2/h4-5,7-8H,2,6H2,1,3H3,(H,13,14);1-2H3/b7-4-;. The molecule has 3 heteroatoms. The Balaban J connectivity index is 0.00000121. The molecule has 1 heterocycles. The van der Waals surface area contributed by atoms with Crippen molar-refractivity contribution in [3.8, 4) is 0 Å². The van der Waals surface area contributed by atoms with Gasteiger partial charge in [0.2, 0.25) is 0 Å². The van der Waals surface area contributed by atoms with Gasteiger partial charge in [0.25, 0.3) is 5.91 Å². The topological polar surface area (TPSA) is 29.1 Å². The fourth-order valence-corrected chi connectivity index (χ4v) is 2.19. The SMILES string of the molecule is C=Cc1scc(C(=O)NCC)c1/C=C\C.CC. The first-order valence-electron chi connectivity index (χ1n) is 5.89. The predicted octanol–water partition coefficient (Wildman–Crippen LogP) is 4.20. The van der Waals surface area contributed by atoms with Gasteiger partial charge >= 0.3 is 0 Å². The molecule has 0 bridgehead atoms. The first kappa shape index (κ1) is 15.7. The largest absolute Gasteiger partial charge is 0.352 e. The fraction of sp³-hybridized carbons (Fsp3) is 0.357. The smallest absolute Gasteiger partial charge is 0.252 e. The van der Waals surface area contributed by atoms with Crippen molar-refractivity contribution < 1.29 is 4.79 Å². The summed E-state index contributed by atoms with van der Waals surface area (Å²) < 4.78 is 0. The highest BCUT2D eigenvalue weighted by molar-refractivity contribution is 7.11. The first-order chi connectivity index (χ1) is 8.24. The van der Waals surface area contributed by atoms with E-state index >= 15 is 0 Å². The van der Waals surface area contributed by atoms with E-state index in [0.717, 1.165) is 16.0 Å². The highest BCUT2D eigenvalue weighted by atomic mass is 32.1. The molecule has 1 rings (SSSR count). The van der Waals surface area contributed by atoms with Gasteiger partial charge in [-0.15, -0.1) is 11.3 Å². The van der Waals surface area contributed by atoms with Gasteiger partial charge < -0.3 is 5.32 Å². The molecule has 1 amide bonds. The monoisotopic (exact) mass is 251 g/mol. The number of hydrogen-bond donors (Lipinski definition) is 1. The van der Waals surface area contributed by atoms with Gasteiger partial charge in [0, 0.05) is 22.4 Å². The third-order valence-electron chi connectivity index (χ3n) is 1.96. The summed E-state index contributed by atoms with van der Waals surface area (Å²) in [6.07, 6.45) is 5.65. The van der Waals surface area contributed by atoms with Crippen molar-refractivity contribution in [1.29, 1.82) is 0 Å². The Bertz CT molecular complexity index is 391. The van der Waals surface area contributed by atoms with E-state index in [-0.39, 0.29) is 5.91 Å². The van der Waals surface area contributed by atoms with Crippen molar-refractivity contribution in [2.75, 3.05) is 6.54 Å². The molecule has 0 fully saturated rings. The van der Waals surface area contributed by atoms with Crippen LogP contribution in [0.15, 0.2) is 18.0 Å². The second-order valence-electron chi connectivity index (χ2n) is 2.99. The van der Waals surface area contributed by atoms with Crippen LogP contribution < -0.4 is 5.32 Å². The molecule has 1 N–H and O–H groups in total. The third kappa shape index (κ3) is 4.19. The summed E-state index contributed by atoms with van der Waals surface area (Å²) in [5.74, 6) is -0.0186. The molecule has 94 valence electrons. The van der Waals surface area contributed by atoms with E-state index in [1.165, 1.54) is 0 Å². The van der Waals surface area contributed by atoms with E-state index in [4.69, 9.17) is 0 Å². The fourth-order valence-electron chi connectivity index (χ4n) is 1.31. The molecule has 0 saturated heterocycles. The molecule has 0 atom stereocenters. The van der Waals surface area contributed by atoms with E-state index in [1.54, 1.807) is 17.4 Å². The van der Waals surface area contributed by atoms with Crippen molar-refractivity contribution in [2.24, 2.45) is 0 Å². The van der Waals surface area contributed by atoms with E-state index in [9.17, 15) is 4.79 Å². The lowest BCUT2D eigenvalue weighted by molar-refractivity contribution is 0.0956. The highest BCUT2D eigenvalue weighted by Crippen LogP contribution is 2.25. The summed E-state index contributed by atoms with van der Waals surface area (Å²) in [7, 11) is 0. The molecule has 0 saturated carbocycles. The maximum absolute atomic E-state index is 11.7. The number of amides is 1. The number of thiophene rings is 1. The van der Waals surface area contributed by atoms with Gasteiger partial charge in [-0.1, -0.05) is 38.7 Å². The number of rotatable bonds is 4. The van der Waals surface area contributed by atoms with Crippen LogP contribution in [0.25, 0.3) is 12.2 Å². The van der Waals surface area contributed by atoms with Gasteiger partial charge in [0.1, 0.15) is 0 Å². The van der Waals surface area contributed by atoms with Gasteiger partial charge in [-0.05, 0) is 13.8 Å². The Morgan fingerprint density at radius 2 is 2.18 bits per heavy atom. The molecular weight excluding hydrogens is 230 g/mol. The van der Waals surface area contributed by atoms with Crippen molar-refractivity contribution in [3.05, 3.63) is 34.0 Å². The Hall–Kier alpha value is -1.35. The number of allylic oxidation sites excluding steroid dienone is 1. The summed E-state index contributed by atoms with van der Waals surface area (Å²) in [4.78, 5) is 12.7. The Kier molecular flexibility index (Phi) is 8.07. The zero-order chi connectivity index (χ0) is 13.3. The predicted molar refractivity (Wildman–Crippen MR) is 78.5 cm³/mol. The lowest BCUT2D eigenvalue weighted by atomic mass is 10.1. The van der Waals surface area contributed by atoms with E-state index in [2.05, 4.69) is 11.9 Å². The Labute approximate surface area is 108 Å². The lowest BCUT2D eigenvalue weighted by Crippen LogP contribution is -2.22. The van der Waals surface area contributed by atoms with Crippen LogP contribution in [0, 0.1) is 0 Å². The molecule has 0 unspecified atom stereocenters. The van der Waals surface area contributed by atoms with Crippen molar-refractivity contribution in [2.45, 2.75) is 27.7 Å². The van der Waals surface area contributed by atoms with E-state index in [1.807, 2.05) is 45.2 Å². The van der Waals surface area contributed by atoms with Crippen LogP contribution in [-0.2, 0) is 0 Å². The van der Waals surface area contributed by atoms with E-state index in [0.29, 0.717) is 6.54 Å². The van der Waals surface area contributed by atoms with Crippen molar-refractivity contribution >= 4 is 29.4 Å². The zero-order valence-corrected chi connectivity index (χ0v) is 11.9. The number of carbonyl (C=O) groups is 1. The van der Waals surface area contributed by atoms with Crippen LogP contribution in [0.2, 0.25) is 0 Å². The Morgan fingerprint density at radius 1 is 1.53 bits per heavy atom. The van der Waals surface area contributed by atoms with Crippen LogP contribution in [0.4, 0.5) is 0 Å². The number of carbonyl (C=O) groups excluding carboxylic acids is 1. The first-order valence-corrected chi connectivity index (χ1v) is 6.77. The molecule has 1 aromatic rings. The minimum atomic E-state index is -0.0186. The highest BCUT2D eigenvalue weighted by Gasteiger charge is 2.13. The molecule has 0 aliphatic carbocycles. The molecule has 2 nitrogen and oxygen atoms in total. The van der Waals surface area contributed by atoms with Gasteiger partial charge in [0.15, 0.2) is 0 Å². The van der Waals surface area contributed by atoms with Gasteiger partial charge in [-0.2, -0.15) is 0 Å². The lowest BCUT2D eigenvalue weighted by Gasteiger charge is -2.01. The quantitative estimate of drug-likeness (QED) is 0.853. The average Bonchev–Trinajstić information content (AvgIpc) is 2.75. The zero-order valence-electron chi connectivity index (χ0n) is 11.0. The van der Waals surface area contributed by atoms with Crippen LogP contribution >= 0.6 is 11.3 Å². The Morgan fingerprint density at radius 3 is 2.65 bits per heavy atom. The average molecular weight is 251 g/mol. The van der Waals surface area contributed by atoms with Crippen molar-refractivity contribution in [1.82, 2.24) is 5.32 Å². The molecule has 0 aliphatic heterocycles. The van der Waals surface area contributed by atoms with E-state index < -0.39 is 0 Å². The van der Waals surface area contributed by atoms with Crippen LogP contribution in [0.3, 0.4) is 0 Å². The second-order valence-corrected chi connectivity index (χ2v) is 3.90. The van der Waals surface area contributed by atoms with Crippen molar-refractivity contribution in [3.63, 3.8) is 0 Å². The summed E-state index contributed by atoms with van der Waals surface area (Å²) in [6, 6.07) is 0. The number of nitrogens with one attached hydrogen (secondary N) is 1. The molecule has 17 heavy (non-hydrogen) atoms. The maximum atomic E-state index is 11.7. The molecule has 0 aromatic carbocycles. The third-order valence-corrected chi connectivity index (χ3v) is 2.95. The van der Waals surface area contributed by atoms with Crippen LogP contribution in [-0.4, -0.2) is 12.5 Å². The molecule has 0 radical (unpaired) electrons. The summed E-state index contributed by atoms with van der Waals surface area (Å²) in [5.41, 5.74) is 1.69. The number of hydrogen-bond acceptors (Lipinski definition) is 2. The normalized spacial score (nSPS) is 9.65. The van der Waals surface area contributed by atoms with Gasteiger partial charge in [-0.3, -0.25) is 4.79 Å². The maximum Gasteiger partial charge on any atom is 0.252 e. The van der Waals surface area contributed by atoms with Crippen LogP contribution in [0.1, 0.15) is 48.5 Å².